The third-order valence-corrected chi connectivity index (χ3v) is 3.90. The second kappa shape index (κ2) is 5.98. The van der Waals surface area contributed by atoms with E-state index in [0.29, 0.717) is 26.1 Å². The van der Waals surface area contributed by atoms with Crippen molar-refractivity contribution in [1.82, 2.24) is 9.80 Å². The van der Waals surface area contributed by atoms with Crippen LogP contribution in [0.2, 0.25) is 0 Å². The summed E-state index contributed by atoms with van der Waals surface area (Å²) in [5, 5.41) is 9.12. The Morgan fingerprint density at radius 2 is 2.30 bits per heavy atom. The molecule has 2 atom stereocenters. The zero-order valence-electron chi connectivity index (χ0n) is 11.8. The monoisotopic (exact) mass is 280 g/mol. The lowest BCUT2D eigenvalue weighted by molar-refractivity contribution is -0.142. The quantitative estimate of drug-likeness (QED) is 0.915. The van der Waals surface area contributed by atoms with E-state index in [1.54, 1.807) is 29.1 Å². The van der Waals surface area contributed by atoms with Crippen LogP contribution in [0.1, 0.15) is 26.0 Å². The molecule has 1 fully saturated rings. The number of hydrogen-bond acceptors (Lipinski definition) is 3. The molecule has 6 nitrogen and oxygen atoms in total. The summed E-state index contributed by atoms with van der Waals surface area (Å²) in [7, 11) is 0. The first-order chi connectivity index (χ1) is 9.54. The van der Waals surface area contributed by atoms with Crippen LogP contribution in [0.15, 0.2) is 22.8 Å². The molecule has 1 N–H and O–H groups in total. The predicted molar refractivity (Wildman–Crippen MR) is 72.1 cm³/mol. The Morgan fingerprint density at radius 1 is 1.55 bits per heavy atom. The number of aliphatic carboxylic acids is 1. The van der Waals surface area contributed by atoms with Gasteiger partial charge in [-0.25, -0.2) is 4.79 Å². The van der Waals surface area contributed by atoms with Crippen molar-refractivity contribution in [3.63, 3.8) is 0 Å². The van der Waals surface area contributed by atoms with Gasteiger partial charge in [0.05, 0.1) is 18.7 Å². The van der Waals surface area contributed by atoms with Crippen LogP contribution in [0, 0.1) is 5.92 Å². The lowest BCUT2D eigenvalue weighted by Gasteiger charge is -2.30. The molecule has 0 aliphatic carbocycles. The first kappa shape index (κ1) is 14.4. The molecule has 0 saturated carbocycles. The average Bonchev–Trinajstić information content (AvgIpc) is 3.04. The van der Waals surface area contributed by atoms with Crippen LogP contribution >= 0.6 is 0 Å². The summed E-state index contributed by atoms with van der Waals surface area (Å²) in [5.41, 5.74) is 0. The molecule has 0 spiro atoms. The van der Waals surface area contributed by atoms with Gasteiger partial charge in [0.2, 0.25) is 0 Å². The Bertz CT molecular complexity index is 472. The largest absolute Gasteiger partial charge is 0.481 e. The summed E-state index contributed by atoms with van der Waals surface area (Å²) in [5.74, 6) is -0.579. The SMILES string of the molecule is CCN(Cc1ccco1)C(=O)N1CCC(C(=O)O)C1C. The number of likely N-dealkylation sites (tertiary alicyclic amines) is 1. The summed E-state index contributed by atoms with van der Waals surface area (Å²) in [4.78, 5) is 26.9. The molecule has 20 heavy (non-hydrogen) atoms. The third kappa shape index (κ3) is 2.79. The van der Waals surface area contributed by atoms with E-state index in [0.717, 1.165) is 5.76 Å². The number of furan rings is 1. The summed E-state index contributed by atoms with van der Waals surface area (Å²) in [6, 6.07) is 3.21. The summed E-state index contributed by atoms with van der Waals surface area (Å²) >= 11 is 0. The molecule has 1 aromatic rings. The molecule has 1 aliphatic rings. The van der Waals surface area contributed by atoms with Gasteiger partial charge in [0.15, 0.2) is 0 Å². The molecule has 0 bridgehead atoms. The maximum Gasteiger partial charge on any atom is 0.320 e. The fourth-order valence-electron chi connectivity index (χ4n) is 2.63. The van der Waals surface area contributed by atoms with Gasteiger partial charge in [0.25, 0.3) is 0 Å². The average molecular weight is 280 g/mol. The highest BCUT2D eigenvalue weighted by Gasteiger charge is 2.39. The van der Waals surface area contributed by atoms with E-state index in [1.165, 1.54) is 0 Å². The van der Waals surface area contributed by atoms with E-state index in [4.69, 9.17) is 9.52 Å². The van der Waals surface area contributed by atoms with Gasteiger partial charge in [-0.15, -0.1) is 0 Å². The minimum Gasteiger partial charge on any atom is -0.481 e. The fraction of sp³-hybridized carbons (Fsp3) is 0.571. The maximum absolute atomic E-state index is 12.5. The molecule has 1 saturated heterocycles. The van der Waals surface area contributed by atoms with Crippen molar-refractivity contribution < 1.29 is 19.1 Å². The first-order valence-corrected chi connectivity index (χ1v) is 6.85. The van der Waals surface area contributed by atoms with Crippen molar-refractivity contribution >= 4 is 12.0 Å². The number of amides is 2. The number of carbonyl (C=O) groups excluding carboxylic acids is 1. The van der Waals surface area contributed by atoms with Crippen LogP contribution < -0.4 is 0 Å². The van der Waals surface area contributed by atoms with Crippen molar-refractivity contribution in [3.05, 3.63) is 24.2 Å². The van der Waals surface area contributed by atoms with Gasteiger partial charge in [-0.05, 0) is 32.4 Å². The Balaban J connectivity index is 2.04. The van der Waals surface area contributed by atoms with Crippen LogP contribution in [0.4, 0.5) is 4.79 Å². The molecule has 1 aromatic heterocycles. The highest BCUT2D eigenvalue weighted by atomic mass is 16.4. The Kier molecular flexibility index (Phi) is 4.32. The third-order valence-electron chi connectivity index (χ3n) is 3.90. The number of nitrogens with zero attached hydrogens (tertiary/aromatic N) is 2. The van der Waals surface area contributed by atoms with Crippen molar-refractivity contribution in [2.75, 3.05) is 13.1 Å². The molecule has 110 valence electrons. The fourth-order valence-corrected chi connectivity index (χ4v) is 2.63. The number of hydrogen-bond donors (Lipinski definition) is 1. The molecule has 1 aliphatic heterocycles. The molecule has 2 rings (SSSR count). The number of carboxylic acids is 1. The van der Waals surface area contributed by atoms with Gasteiger partial charge in [-0.2, -0.15) is 0 Å². The normalized spacial score (nSPS) is 22.0. The van der Waals surface area contributed by atoms with E-state index in [2.05, 4.69) is 0 Å². The standard InChI is InChI=1S/C14H20N2O4/c1-3-15(9-11-5-4-8-20-11)14(19)16-7-6-12(10(16)2)13(17)18/h4-5,8,10,12H,3,6-7,9H2,1-2H3,(H,17,18). The van der Waals surface area contributed by atoms with Crippen molar-refractivity contribution in [2.24, 2.45) is 5.92 Å². The van der Waals surface area contributed by atoms with Gasteiger partial charge < -0.3 is 19.3 Å². The molecule has 2 amide bonds. The highest BCUT2D eigenvalue weighted by molar-refractivity contribution is 5.78. The zero-order valence-corrected chi connectivity index (χ0v) is 11.8. The second-order valence-electron chi connectivity index (χ2n) is 5.04. The second-order valence-corrected chi connectivity index (χ2v) is 5.04. The Morgan fingerprint density at radius 3 is 2.80 bits per heavy atom. The minimum atomic E-state index is -0.832. The number of carboxylic acid groups (broad SMARTS) is 1. The number of rotatable bonds is 4. The van der Waals surface area contributed by atoms with Gasteiger partial charge in [-0.3, -0.25) is 4.79 Å². The van der Waals surface area contributed by atoms with Crippen molar-refractivity contribution in [1.29, 1.82) is 0 Å². The molecular formula is C14H20N2O4. The van der Waals surface area contributed by atoms with Crippen LogP contribution in [0.25, 0.3) is 0 Å². The number of urea groups is 1. The summed E-state index contributed by atoms with van der Waals surface area (Å²) < 4.78 is 5.26. The van der Waals surface area contributed by atoms with Crippen LogP contribution in [-0.4, -0.2) is 46.0 Å². The van der Waals surface area contributed by atoms with Gasteiger partial charge in [-0.1, -0.05) is 0 Å². The van der Waals surface area contributed by atoms with E-state index in [1.807, 2.05) is 13.0 Å². The smallest absolute Gasteiger partial charge is 0.320 e. The lowest BCUT2D eigenvalue weighted by atomic mass is 10.0. The van der Waals surface area contributed by atoms with Gasteiger partial charge >= 0.3 is 12.0 Å². The Hall–Kier alpha value is -1.98. The van der Waals surface area contributed by atoms with E-state index < -0.39 is 11.9 Å². The van der Waals surface area contributed by atoms with Crippen LogP contribution in [0.5, 0.6) is 0 Å². The van der Waals surface area contributed by atoms with E-state index >= 15 is 0 Å². The lowest BCUT2D eigenvalue weighted by Crippen LogP contribution is -2.45. The van der Waals surface area contributed by atoms with Crippen molar-refractivity contribution in [3.8, 4) is 0 Å². The predicted octanol–water partition coefficient (Wildman–Crippen LogP) is 2.02. The van der Waals surface area contributed by atoms with E-state index in [-0.39, 0.29) is 12.1 Å². The van der Waals surface area contributed by atoms with Crippen LogP contribution in [-0.2, 0) is 11.3 Å². The molecule has 2 heterocycles. The minimum absolute atomic E-state index is 0.125. The van der Waals surface area contributed by atoms with Gasteiger partial charge in [0.1, 0.15) is 5.76 Å². The summed E-state index contributed by atoms with van der Waals surface area (Å²) in [6.07, 6.45) is 2.09. The van der Waals surface area contributed by atoms with Crippen LogP contribution in [0.3, 0.4) is 0 Å². The summed E-state index contributed by atoms with van der Waals surface area (Å²) in [6.45, 7) is 5.15. The highest BCUT2D eigenvalue weighted by Crippen LogP contribution is 2.25. The number of carbonyl (C=O) groups is 2. The topological polar surface area (TPSA) is 74.0 Å². The maximum atomic E-state index is 12.5. The molecule has 6 heteroatoms. The molecular weight excluding hydrogens is 260 g/mol. The van der Waals surface area contributed by atoms with Gasteiger partial charge in [0, 0.05) is 19.1 Å². The zero-order chi connectivity index (χ0) is 14.7. The molecule has 2 unspecified atom stereocenters. The molecule has 0 radical (unpaired) electrons. The van der Waals surface area contributed by atoms with E-state index in [9.17, 15) is 9.59 Å². The first-order valence-electron chi connectivity index (χ1n) is 6.85. The van der Waals surface area contributed by atoms with Crippen molar-refractivity contribution in [2.45, 2.75) is 32.9 Å². The Labute approximate surface area is 118 Å². The molecule has 0 aromatic carbocycles.